The van der Waals surface area contributed by atoms with Crippen molar-refractivity contribution in [3.63, 3.8) is 0 Å². The fourth-order valence-electron chi connectivity index (χ4n) is 1.47. The molecule has 0 saturated heterocycles. The molecule has 1 N–H and O–H groups in total. The molecule has 0 atom stereocenters. The van der Waals surface area contributed by atoms with Gasteiger partial charge in [-0.15, -0.1) is 0 Å². The van der Waals surface area contributed by atoms with Crippen molar-refractivity contribution in [1.29, 1.82) is 0 Å². The summed E-state index contributed by atoms with van der Waals surface area (Å²) in [6, 6.07) is 6.89. The van der Waals surface area contributed by atoms with Crippen LogP contribution in [0.5, 0.6) is 0 Å². The number of aromatic nitrogens is 1. The van der Waals surface area contributed by atoms with Crippen LogP contribution in [0.2, 0.25) is 0 Å². The first-order chi connectivity index (χ1) is 7.18. The Balaban J connectivity index is 2.65. The lowest BCUT2D eigenvalue weighted by atomic mass is 10.1. The molecule has 2 aromatic rings. The molecule has 0 aliphatic rings. The molecule has 0 amide bonds. The van der Waals surface area contributed by atoms with E-state index in [0.29, 0.717) is 10.1 Å². The summed E-state index contributed by atoms with van der Waals surface area (Å²) in [7, 11) is 0. The SMILES string of the molecule is Cc1ccc(-c2c[nH]ccc2=S)c(F)c1. The Bertz CT molecular complexity index is 545. The molecule has 0 saturated carbocycles. The van der Waals surface area contributed by atoms with Gasteiger partial charge in [-0.05, 0) is 24.6 Å². The second-order valence-corrected chi connectivity index (χ2v) is 3.85. The number of aryl methyl sites for hydroxylation is 1. The van der Waals surface area contributed by atoms with Gasteiger partial charge >= 0.3 is 0 Å². The van der Waals surface area contributed by atoms with Gasteiger partial charge < -0.3 is 4.98 Å². The van der Waals surface area contributed by atoms with E-state index < -0.39 is 0 Å². The zero-order valence-electron chi connectivity index (χ0n) is 8.25. The molecular formula is C12H10FNS. The number of hydrogen-bond donors (Lipinski definition) is 1. The molecule has 1 aromatic carbocycles. The van der Waals surface area contributed by atoms with Crippen LogP contribution in [0.4, 0.5) is 4.39 Å². The molecule has 0 spiro atoms. The summed E-state index contributed by atoms with van der Waals surface area (Å²) >= 11 is 5.14. The molecule has 3 heteroatoms. The molecule has 76 valence electrons. The minimum atomic E-state index is -0.235. The zero-order chi connectivity index (χ0) is 10.8. The third-order valence-corrected chi connectivity index (χ3v) is 2.59. The third-order valence-electron chi connectivity index (χ3n) is 2.24. The van der Waals surface area contributed by atoms with E-state index in [1.807, 2.05) is 13.0 Å². The Morgan fingerprint density at radius 1 is 1.20 bits per heavy atom. The lowest BCUT2D eigenvalue weighted by Gasteiger charge is -2.04. The van der Waals surface area contributed by atoms with Crippen molar-refractivity contribution in [3.8, 4) is 11.1 Å². The van der Waals surface area contributed by atoms with Crippen molar-refractivity contribution >= 4 is 12.2 Å². The minimum absolute atomic E-state index is 0.235. The van der Waals surface area contributed by atoms with Crippen molar-refractivity contribution in [2.24, 2.45) is 0 Å². The summed E-state index contributed by atoms with van der Waals surface area (Å²) in [5, 5.41) is 0. The van der Waals surface area contributed by atoms with Gasteiger partial charge in [0.1, 0.15) is 5.82 Å². The summed E-state index contributed by atoms with van der Waals surface area (Å²) in [4.78, 5) is 2.91. The van der Waals surface area contributed by atoms with Crippen LogP contribution in [-0.4, -0.2) is 4.98 Å². The smallest absolute Gasteiger partial charge is 0.131 e. The number of hydrogen-bond acceptors (Lipinski definition) is 1. The molecule has 0 bridgehead atoms. The Labute approximate surface area is 92.6 Å². The number of benzene rings is 1. The first-order valence-corrected chi connectivity index (χ1v) is 5.03. The molecule has 0 unspecified atom stereocenters. The lowest BCUT2D eigenvalue weighted by molar-refractivity contribution is 0.630. The first-order valence-electron chi connectivity index (χ1n) is 4.62. The lowest BCUT2D eigenvalue weighted by Crippen LogP contribution is -1.87. The molecule has 2 rings (SSSR count). The predicted octanol–water partition coefficient (Wildman–Crippen LogP) is 3.86. The Morgan fingerprint density at radius 3 is 2.67 bits per heavy atom. The maximum absolute atomic E-state index is 13.7. The summed E-state index contributed by atoms with van der Waals surface area (Å²) in [5.74, 6) is -0.235. The molecule has 0 fully saturated rings. The first kappa shape index (κ1) is 10.1. The average Bonchev–Trinajstić information content (AvgIpc) is 2.20. The third kappa shape index (κ3) is 1.97. The largest absolute Gasteiger partial charge is 0.367 e. The van der Waals surface area contributed by atoms with Crippen molar-refractivity contribution in [2.45, 2.75) is 6.92 Å². The highest BCUT2D eigenvalue weighted by atomic mass is 32.1. The molecule has 0 aliphatic carbocycles. The highest BCUT2D eigenvalue weighted by Gasteiger charge is 2.05. The van der Waals surface area contributed by atoms with E-state index in [1.54, 1.807) is 24.5 Å². The van der Waals surface area contributed by atoms with Gasteiger partial charge in [-0.3, -0.25) is 0 Å². The Kier molecular flexibility index (Phi) is 2.64. The molecule has 0 aliphatic heterocycles. The van der Waals surface area contributed by atoms with Crippen LogP contribution in [0.15, 0.2) is 36.7 Å². The monoisotopic (exact) mass is 219 g/mol. The van der Waals surface area contributed by atoms with Gasteiger partial charge in [0.05, 0.1) is 0 Å². The number of H-pyrrole nitrogens is 1. The van der Waals surface area contributed by atoms with E-state index in [-0.39, 0.29) is 5.82 Å². The normalized spacial score (nSPS) is 10.3. The Morgan fingerprint density at radius 2 is 2.00 bits per heavy atom. The van der Waals surface area contributed by atoms with Crippen molar-refractivity contribution < 1.29 is 4.39 Å². The van der Waals surface area contributed by atoms with Crippen molar-refractivity contribution in [2.75, 3.05) is 0 Å². The van der Waals surface area contributed by atoms with Gasteiger partial charge in [0.2, 0.25) is 0 Å². The zero-order valence-corrected chi connectivity index (χ0v) is 9.07. The van der Waals surface area contributed by atoms with Gasteiger partial charge in [-0.1, -0.05) is 24.4 Å². The van der Waals surface area contributed by atoms with Gasteiger partial charge in [-0.25, -0.2) is 4.39 Å². The van der Waals surface area contributed by atoms with Gasteiger partial charge in [0.25, 0.3) is 0 Å². The maximum Gasteiger partial charge on any atom is 0.131 e. The number of rotatable bonds is 1. The van der Waals surface area contributed by atoms with Crippen molar-refractivity contribution in [3.05, 3.63) is 52.5 Å². The van der Waals surface area contributed by atoms with E-state index in [0.717, 1.165) is 11.1 Å². The van der Waals surface area contributed by atoms with E-state index in [1.165, 1.54) is 6.07 Å². The molecule has 1 heterocycles. The number of halogens is 1. The van der Waals surface area contributed by atoms with Gasteiger partial charge in [0.15, 0.2) is 0 Å². The quantitative estimate of drug-likeness (QED) is 0.720. The molecule has 1 nitrogen and oxygen atoms in total. The number of nitrogens with one attached hydrogen (secondary N) is 1. The van der Waals surface area contributed by atoms with E-state index in [4.69, 9.17) is 12.2 Å². The van der Waals surface area contributed by atoms with Crippen LogP contribution in [-0.2, 0) is 0 Å². The molecule has 15 heavy (non-hydrogen) atoms. The van der Waals surface area contributed by atoms with Gasteiger partial charge in [-0.2, -0.15) is 0 Å². The number of aromatic amines is 1. The number of pyridine rings is 1. The van der Waals surface area contributed by atoms with E-state index in [2.05, 4.69) is 4.98 Å². The van der Waals surface area contributed by atoms with Crippen LogP contribution < -0.4 is 0 Å². The van der Waals surface area contributed by atoms with Crippen LogP contribution in [0.25, 0.3) is 11.1 Å². The highest BCUT2D eigenvalue weighted by Crippen LogP contribution is 2.23. The topological polar surface area (TPSA) is 15.8 Å². The van der Waals surface area contributed by atoms with Crippen LogP contribution in [0.1, 0.15) is 5.56 Å². The maximum atomic E-state index is 13.7. The van der Waals surface area contributed by atoms with Crippen molar-refractivity contribution in [1.82, 2.24) is 4.98 Å². The van der Waals surface area contributed by atoms with Crippen LogP contribution >= 0.6 is 12.2 Å². The van der Waals surface area contributed by atoms with Gasteiger partial charge in [0, 0.05) is 28.0 Å². The second kappa shape index (κ2) is 3.95. The fourth-order valence-corrected chi connectivity index (χ4v) is 1.70. The summed E-state index contributed by atoms with van der Waals surface area (Å²) in [6.07, 6.45) is 3.45. The predicted molar refractivity (Wildman–Crippen MR) is 61.8 cm³/mol. The van der Waals surface area contributed by atoms with E-state index in [9.17, 15) is 4.39 Å². The second-order valence-electron chi connectivity index (χ2n) is 3.41. The van der Waals surface area contributed by atoms with Crippen LogP contribution in [0, 0.1) is 17.3 Å². The summed E-state index contributed by atoms with van der Waals surface area (Å²) in [6.45, 7) is 1.86. The highest BCUT2D eigenvalue weighted by molar-refractivity contribution is 7.71. The average molecular weight is 219 g/mol. The fraction of sp³-hybridized carbons (Fsp3) is 0.0833. The molecular weight excluding hydrogens is 209 g/mol. The van der Waals surface area contributed by atoms with Crippen LogP contribution in [0.3, 0.4) is 0 Å². The summed E-state index contributed by atoms with van der Waals surface area (Å²) < 4.78 is 14.3. The molecule has 1 aromatic heterocycles. The minimum Gasteiger partial charge on any atom is -0.367 e. The van der Waals surface area contributed by atoms with E-state index >= 15 is 0 Å². The molecule has 0 radical (unpaired) electrons. The Hall–Kier alpha value is -1.48. The standard InChI is InChI=1S/C12H10FNS/c1-8-2-3-9(11(13)6-8)10-7-14-5-4-12(10)15/h2-7H,1H3,(H,14,15). The summed E-state index contributed by atoms with van der Waals surface area (Å²) in [5.41, 5.74) is 2.18.